The smallest absolute Gasteiger partial charge is 0.321 e. The Morgan fingerprint density at radius 2 is 2.06 bits per heavy atom. The van der Waals surface area contributed by atoms with Crippen molar-refractivity contribution in [2.75, 3.05) is 7.05 Å². The molecular weight excluding hydrogens is 346 g/mol. The average Bonchev–Trinajstić information content (AvgIpc) is 2.26. The van der Waals surface area contributed by atoms with Crippen LogP contribution in [0.5, 0.6) is 0 Å². The number of carbonyl (C=O) groups is 1. The molecule has 0 radical (unpaired) electrons. The summed E-state index contributed by atoms with van der Waals surface area (Å²) in [5.74, 6) is -1.22. The maximum atomic E-state index is 12.2. The fourth-order valence-corrected chi connectivity index (χ4v) is 3.86. The molecule has 0 amide bonds. The summed E-state index contributed by atoms with van der Waals surface area (Å²) in [4.78, 5) is 10.8. The quantitative estimate of drug-likeness (QED) is 0.897. The highest BCUT2D eigenvalue weighted by Gasteiger charge is 2.30. The zero-order chi connectivity index (χ0) is 14.1. The van der Waals surface area contributed by atoms with Gasteiger partial charge in [-0.15, -0.1) is 0 Å². The highest BCUT2D eigenvalue weighted by Crippen LogP contribution is 2.28. The van der Waals surface area contributed by atoms with E-state index < -0.39 is 22.0 Å². The molecule has 100 valence electrons. The van der Waals surface area contributed by atoms with Crippen LogP contribution in [0.4, 0.5) is 0 Å². The van der Waals surface area contributed by atoms with E-state index in [0.29, 0.717) is 9.50 Å². The van der Waals surface area contributed by atoms with Gasteiger partial charge in [0.25, 0.3) is 0 Å². The molecule has 0 aliphatic rings. The minimum absolute atomic E-state index is 0.0255. The van der Waals surface area contributed by atoms with E-state index in [1.165, 1.54) is 32.2 Å². The van der Waals surface area contributed by atoms with E-state index in [1.54, 1.807) is 0 Å². The van der Waals surface area contributed by atoms with E-state index in [9.17, 15) is 13.2 Å². The molecule has 1 aromatic carbocycles. The Morgan fingerprint density at radius 3 is 2.50 bits per heavy atom. The molecule has 1 rings (SSSR count). The molecule has 0 heterocycles. The first-order valence-corrected chi connectivity index (χ1v) is 7.45. The number of aliphatic carboxylic acids is 1. The molecule has 1 unspecified atom stereocenters. The lowest BCUT2D eigenvalue weighted by atomic mass is 10.4. The summed E-state index contributed by atoms with van der Waals surface area (Å²) in [5.41, 5.74) is 0. The molecule has 0 aliphatic heterocycles. The Kier molecular flexibility index (Phi) is 4.77. The molecule has 5 nitrogen and oxygen atoms in total. The number of rotatable bonds is 4. The number of hydrogen-bond donors (Lipinski definition) is 1. The summed E-state index contributed by atoms with van der Waals surface area (Å²) >= 11 is 8.83. The van der Waals surface area contributed by atoms with Gasteiger partial charge in [0.1, 0.15) is 6.04 Å². The van der Waals surface area contributed by atoms with Crippen molar-refractivity contribution in [3.63, 3.8) is 0 Å². The summed E-state index contributed by atoms with van der Waals surface area (Å²) < 4.78 is 25.5. The Labute approximate surface area is 119 Å². The van der Waals surface area contributed by atoms with Gasteiger partial charge in [-0.1, -0.05) is 11.6 Å². The first kappa shape index (κ1) is 15.4. The van der Waals surface area contributed by atoms with Gasteiger partial charge in [-0.05, 0) is 41.1 Å². The van der Waals surface area contributed by atoms with Crippen molar-refractivity contribution < 1.29 is 18.3 Å². The first-order valence-electron chi connectivity index (χ1n) is 4.84. The summed E-state index contributed by atoms with van der Waals surface area (Å²) in [6.07, 6.45) is 0. The zero-order valence-corrected chi connectivity index (χ0v) is 12.8. The SMILES string of the molecule is CC(C(=O)O)N(C)S(=O)(=O)c1ccc(Cl)cc1Br. The van der Waals surface area contributed by atoms with E-state index in [0.717, 1.165) is 4.31 Å². The molecule has 18 heavy (non-hydrogen) atoms. The Hall–Kier alpha value is -0.630. The second kappa shape index (κ2) is 5.56. The third kappa shape index (κ3) is 3.03. The van der Waals surface area contributed by atoms with Gasteiger partial charge >= 0.3 is 5.97 Å². The van der Waals surface area contributed by atoms with Crippen LogP contribution < -0.4 is 0 Å². The van der Waals surface area contributed by atoms with Crippen LogP contribution in [0.3, 0.4) is 0 Å². The molecule has 1 aromatic rings. The number of nitrogens with zero attached hydrogens (tertiary/aromatic N) is 1. The maximum absolute atomic E-state index is 12.2. The van der Waals surface area contributed by atoms with E-state index in [2.05, 4.69) is 15.9 Å². The Balaban J connectivity index is 3.25. The number of hydrogen-bond acceptors (Lipinski definition) is 3. The molecule has 8 heteroatoms. The number of halogens is 2. The van der Waals surface area contributed by atoms with Crippen molar-refractivity contribution in [2.24, 2.45) is 0 Å². The second-order valence-corrected chi connectivity index (χ2v) is 6.87. The number of likely N-dealkylation sites (N-methyl/N-ethyl adjacent to an activating group) is 1. The van der Waals surface area contributed by atoms with Crippen LogP contribution in [0, 0.1) is 0 Å². The van der Waals surface area contributed by atoms with Crippen molar-refractivity contribution >= 4 is 43.5 Å². The lowest BCUT2D eigenvalue weighted by molar-refractivity contribution is -0.140. The summed E-state index contributed by atoms with van der Waals surface area (Å²) in [7, 11) is -2.67. The average molecular weight is 357 g/mol. The predicted octanol–water partition coefficient (Wildman–Crippen LogP) is 2.20. The molecule has 0 bridgehead atoms. The van der Waals surface area contributed by atoms with Crippen molar-refractivity contribution in [2.45, 2.75) is 17.9 Å². The van der Waals surface area contributed by atoms with Gasteiger partial charge in [-0.2, -0.15) is 4.31 Å². The van der Waals surface area contributed by atoms with E-state index >= 15 is 0 Å². The molecule has 0 saturated heterocycles. The van der Waals surface area contributed by atoms with Crippen LogP contribution in [-0.4, -0.2) is 36.9 Å². The van der Waals surface area contributed by atoms with Crippen LogP contribution >= 0.6 is 27.5 Å². The van der Waals surface area contributed by atoms with Gasteiger partial charge in [0.15, 0.2) is 0 Å². The lowest BCUT2D eigenvalue weighted by Gasteiger charge is -2.21. The minimum atomic E-state index is -3.88. The second-order valence-electron chi connectivity index (χ2n) is 3.61. The van der Waals surface area contributed by atoms with Gasteiger partial charge in [-0.25, -0.2) is 8.42 Å². The molecule has 0 saturated carbocycles. The van der Waals surface area contributed by atoms with Gasteiger partial charge in [0.05, 0.1) is 4.90 Å². The van der Waals surface area contributed by atoms with Gasteiger partial charge in [0.2, 0.25) is 10.0 Å². The van der Waals surface area contributed by atoms with Gasteiger partial charge in [0, 0.05) is 16.5 Å². The molecule has 0 aliphatic carbocycles. The number of carboxylic acid groups (broad SMARTS) is 1. The van der Waals surface area contributed by atoms with Crippen molar-refractivity contribution in [3.8, 4) is 0 Å². The molecule has 1 N–H and O–H groups in total. The largest absolute Gasteiger partial charge is 0.480 e. The fourth-order valence-electron chi connectivity index (χ4n) is 1.20. The highest BCUT2D eigenvalue weighted by atomic mass is 79.9. The predicted molar refractivity (Wildman–Crippen MR) is 71.2 cm³/mol. The third-order valence-electron chi connectivity index (χ3n) is 2.45. The van der Waals surface area contributed by atoms with Crippen molar-refractivity contribution in [1.82, 2.24) is 4.31 Å². The highest BCUT2D eigenvalue weighted by molar-refractivity contribution is 9.10. The van der Waals surface area contributed by atoms with Crippen molar-refractivity contribution in [1.29, 1.82) is 0 Å². The van der Waals surface area contributed by atoms with E-state index in [1.807, 2.05) is 0 Å². The van der Waals surface area contributed by atoms with Crippen LogP contribution in [0.1, 0.15) is 6.92 Å². The van der Waals surface area contributed by atoms with Crippen molar-refractivity contribution in [3.05, 3.63) is 27.7 Å². The van der Waals surface area contributed by atoms with E-state index in [-0.39, 0.29) is 4.90 Å². The lowest BCUT2D eigenvalue weighted by Crippen LogP contribution is -2.40. The summed E-state index contributed by atoms with van der Waals surface area (Å²) in [5, 5.41) is 9.22. The number of sulfonamides is 1. The van der Waals surface area contributed by atoms with E-state index in [4.69, 9.17) is 16.7 Å². The topological polar surface area (TPSA) is 74.7 Å². The van der Waals surface area contributed by atoms with Gasteiger partial charge in [-0.3, -0.25) is 4.79 Å². The maximum Gasteiger partial charge on any atom is 0.321 e. The molecule has 0 fully saturated rings. The standard InChI is InChI=1S/C10H11BrClNO4S/c1-6(10(14)15)13(2)18(16,17)9-4-3-7(12)5-8(9)11/h3-6H,1-2H3,(H,14,15). The monoisotopic (exact) mass is 355 g/mol. The number of benzene rings is 1. The summed E-state index contributed by atoms with van der Waals surface area (Å²) in [6.45, 7) is 1.30. The van der Waals surface area contributed by atoms with Crippen LogP contribution in [-0.2, 0) is 14.8 Å². The Morgan fingerprint density at radius 1 is 1.50 bits per heavy atom. The van der Waals surface area contributed by atoms with Crippen LogP contribution in [0.15, 0.2) is 27.6 Å². The fraction of sp³-hybridized carbons (Fsp3) is 0.300. The molecule has 0 spiro atoms. The molecule has 1 atom stereocenters. The zero-order valence-electron chi connectivity index (χ0n) is 9.59. The number of carboxylic acids is 1. The summed E-state index contributed by atoms with van der Waals surface area (Å²) in [6, 6.07) is 3.04. The minimum Gasteiger partial charge on any atom is -0.480 e. The van der Waals surface area contributed by atoms with Crippen LogP contribution in [0.25, 0.3) is 0 Å². The molecular formula is C10H11BrClNO4S. The first-order chi connectivity index (χ1) is 8.17. The van der Waals surface area contributed by atoms with Crippen LogP contribution in [0.2, 0.25) is 5.02 Å². The molecule has 0 aromatic heterocycles. The third-order valence-corrected chi connectivity index (χ3v) is 5.59. The van der Waals surface area contributed by atoms with Gasteiger partial charge < -0.3 is 5.11 Å². The normalized spacial score (nSPS) is 13.6. The Bertz CT molecular complexity index is 575.